The number of carbonyl (C=O) groups is 1. The van der Waals surface area contributed by atoms with Gasteiger partial charge in [-0.05, 0) is 31.2 Å². The van der Waals surface area contributed by atoms with Crippen molar-refractivity contribution in [2.24, 2.45) is 5.16 Å². The molecule has 32 heavy (non-hydrogen) atoms. The number of aromatic nitrogens is 2. The van der Waals surface area contributed by atoms with Crippen molar-refractivity contribution >= 4 is 23.3 Å². The van der Waals surface area contributed by atoms with Gasteiger partial charge in [0.25, 0.3) is 11.8 Å². The van der Waals surface area contributed by atoms with Gasteiger partial charge in [0.2, 0.25) is 11.5 Å². The van der Waals surface area contributed by atoms with E-state index in [9.17, 15) is 9.18 Å². The molecule has 0 saturated heterocycles. The van der Waals surface area contributed by atoms with Gasteiger partial charge in [0.1, 0.15) is 30.8 Å². The summed E-state index contributed by atoms with van der Waals surface area (Å²) in [6.45, 7) is 1.69. The van der Waals surface area contributed by atoms with Gasteiger partial charge in [-0.3, -0.25) is 0 Å². The molecule has 0 spiro atoms. The summed E-state index contributed by atoms with van der Waals surface area (Å²) in [6.07, 6.45) is 0.997. The molecule has 3 aromatic rings. The van der Waals surface area contributed by atoms with Crippen LogP contribution in [-0.4, -0.2) is 35.9 Å². The fraction of sp³-hybridized carbons (Fsp3) is 0.143. The van der Waals surface area contributed by atoms with Gasteiger partial charge in [-0.15, -0.1) is 0 Å². The maximum Gasteiger partial charge on any atom is 0.361 e. The van der Waals surface area contributed by atoms with Crippen molar-refractivity contribution in [2.75, 3.05) is 14.2 Å². The van der Waals surface area contributed by atoms with Crippen LogP contribution >= 0.6 is 11.6 Å². The summed E-state index contributed by atoms with van der Waals surface area (Å²) >= 11 is 6.06. The van der Waals surface area contributed by atoms with E-state index in [0.717, 1.165) is 26.6 Å². The van der Waals surface area contributed by atoms with Crippen LogP contribution in [0.25, 0.3) is 0 Å². The number of rotatable bonds is 7. The molecule has 0 atom stereocenters. The van der Waals surface area contributed by atoms with E-state index < -0.39 is 40.6 Å². The Morgan fingerprint density at radius 2 is 1.62 bits per heavy atom. The summed E-state index contributed by atoms with van der Waals surface area (Å²) in [6, 6.07) is 8.50. The molecule has 0 aliphatic rings. The molecule has 166 valence electrons. The van der Waals surface area contributed by atoms with Gasteiger partial charge < -0.3 is 19.0 Å². The first-order chi connectivity index (χ1) is 15.4. The third-order valence-electron chi connectivity index (χ3n) is 4.13. The first-order valence-electron chi connectivity index (χ1n) is 8.97. The van der Waals surface area contributed by atoms with Crippen LogP contribution in [-0.2, 0) is 14.4 Å². The van der Waals surface area contributed by atoms with Crippen LogP contribution in [0, 0.1) is 18.6 Å². The highest BCUT2D eigenvalue weighted by molar-refractivity contribution is 6.43. The second-order valence-electron chi connectivity index (χ2n) is 6.09. The standard InChI is InChI=1S/C21H16ClF2N3O5/c1-11-12(22)6-4-8-14(11)31-19-17(24)20(26-10-25-19)32-15-9-5-7-13(23)16(15)18(27-30-3)21(28)29-2/h4-10H,1-3H3/b27-18+. The monoisotopic (exact) mass is 463 g/mol. The molecule has 3 rings (SSSR count). The Balaban J connectivity index is 2.01. The minimum atomic E-state index is -1.06. The molecule has 0 saturated carbocycles. The predicted octanol–water partition coefficient (Wildman–Crippen LogP) is 4.82. The average molecular weight is 464 g/mol. The topological polar surface area (TPSA) is 92.1 Å². The maximum atomic E-state index is 15.0. The average Bonchev–Trinajstić information content (AvgIpc) is 2.78. The quantitative estimate of drug-likeness (QED) is 0.281. The Kier molecular flexibility index (Phi) is 7.16. The van der Waals surface area contributed by atoms with Crippen molar-refractivity contribution < 1.29 is 32.6 Å². The van der Waals surface area contributed by atoms with Crippen molar-refractivity contribution in [1.29, 1.82) is 0 Å². The molecule has 8 nitrogen and oxygen atoms in total. The van der Waals surface area contributed by atoms with Crippen molar-refractivity contribution in [1.82, 2.24) is 9.97 Å². The zero-order valence-corrected chi connectivity index (χ0v) is 17.8. The summed E-state index contributed by atoms with van der Waals surface area (Å²) in [5.41, 5.74) is -0.364. The smallest absolute Gasteiger partial charge is 0.361 e. The molecule has 0 aliphatic heterocycles. The third kappa shape index (κ3) is 4.75. The molecule has 1 heterocycles. The second-order valence-corrected chi connectivity index (χ2v) is 6.50. The molecular weight excluding hydrogens is 448 g/mol. The van der Waals surface area contributed by atoms with Crippen LogP contribution < -0.4 is 9.47 Å². The van der Waals surface area contributed by atoms with E-state index >= 15 is 4.39 Å². The van der Waals surface area contributed by atoms with Gasteiger partial charge in [-0.1, -0.05) is 28.9 Å². The van der Waals surface area contributed by atoms with Crippen LogP contribution in [0.1, 0.15) is 11.1 Å². The zero-order valence-electron chi connectivity index (χ0n) is 17.1. The highest BCUT2D eigenvalue weighted by Crippen LogP contribution is 2.34. The summed E-state index contributed by atoms with van der Waals surface area (Å²) in [5, 5.41) is 3.92. The number of methoxy groups -OCH3 is 1. The van der Waals surface area contributed by atoms with E-state index in [1.807, 2.05) is 0 Å². The van der Waals surface area contributed by atoms with Crippen LogP contribution in [0.3, 0.4) is 0 Å². The number of hydrogen-bond donors (Lipinski definition) is 0. The SMILES string of the molecule is CO/N=C(/C(=O)OC)c1c(F)cccc1Oc1ncnc(Oc2cccc(Cl)c2C)c1F. The Labute approximate surface area is 186 Å². The fourth-order valence-electron chi connectivity index (χ4n) is 2.58. The fourth-order valence-corrected chi connectivity index (χ4v) is 2.75. The van der Waals surface area contributed by atoms with Crippen LogP contribution in [0.4, 0.5) is 8.78 Å². The van der Waals surface area contributed by atoms with Gasteiger partial charge in [-0.25, -0.2) is 9.18 Å². The Morgan fingerprint density at radius 1 is 1.00 bits per heavy atom. The van der Waals surface area contributed by atoms with Gasteiger partial charge in [0, 0.05) is 10.6 Å². The Morgan fingerprint density at radius 3 is 2.28 bits per heavy atom. The van der Waals surface area contributed by atoms with Crippen molar-refractivity contribution in [2.45, 2.75) is 6.92 Å². The molecule has 0 N–H and O–H groups in total. The van der Waals surface area contributed by atoms with Crippen molar-refractivity contribution in [3.05, 3.63) is 70.5 Å². The first-order valence-corrected chi connectivity index (χ1v) is 9.34. The van der Waals surface area contributed by atoms with Gasteiger partial charge in [0.15, 0.2) is 0 Å². The van der Waals surface area contributed by atoms with Gasteiger partial charge in [-0.2, -0.15) is 14.4 Å². The molecule has 0 unspecified atom stereocenters. The van der Waals surface area contributed by atoms with Crippen LogP contribution in [0.2, 0.25) is 5.02 Å². The number of nitrogens with zero attached hydrogens (tertiary/aromatic N) is 3. The second kappa shape index (κ2) is 10.0. The normalized spacial score (nSPS) is 11.1. The van der Waals surface area contributed by atoms with E-state index in [0.29, 0.717) is 10.6 Å². The highest BCUT2D eigenvalue weighted by atomic mass is 35.5. The van der Waals surface area contributed by atoms with E-state index in [2.05, 4.69) is 24.7 Å². The van der Waals surface area contributed by atoms with Crippen LogP contribution in [0.5, 0.6) is 23.3 Å². The number of carbonyl (C=O) groups excluding carboxylic acids is 1. The number of esters is 1. The third-order valence-corrected chi connectivity index (χ3v) is 4.54. The maximum absolute atomic E-state index is 15.0. The largest absolute Gasteiger partial charge is 0.464 e. The molecule has 0 fully saturated rings. The number of ether oxygens (including phenoxy) is 3. The van der Waals surface area contributed by atoms with E-state index in [-0.39, 0.29) is 11.5 Å². The lowest BCUT2D eigenvalue weighted by molar-refractivity contribution is -0.132. The first kappa shape index (κ1) is 22.9. The lowest BCUT2D eigenvalue weighted by Crippen LogP contribution is -2.20. The van der Waals surface area contributed by atoms with E-state index in [1.165, 1.54) is 12.1 Å². The Hall–Kier alpha value is -3.79. The molecule has 0 aliphatic carbocycles. The van der Waals surface area contributed by atoms with Crippen molar-refractivity contribution in [3.8, 4) is 23.3 Å². The number of halogens is 3. The number of hydrogen-bond acceptors (Lipinski definition) is 8. The summed E-state index contributed by atoms with van der Waals surface area (Å²) in [5.74, 6) is -3.97. The summed E-state index contributed by atoms with van der Waals surface area (Å²) in [4.78, 5) is 24.2. The molecule has 0 radical (unpaired) electrons. The molecule has 0 amide bonds. The highest BCUT2D eigenvalue weighted by Gasteiger charge is 2.26. The van der Waals surface area contributed by atoms with E-state index in [4.69, 9.17) is 21.1 Å². The molecule has 11 heteroatoms. The van der Waals surface area contributed by atoms with Crippen LogP contribution in [0.15, 0.2) is 47.9 Å². The minimum Gasteiger partial charge on any atom is -0.464 e. The summed E-state index contributed by atoms with van der Waals surface area (Å²) < 4.78 is 45.2. The van der Waals surface area contributed by atoms with Crippen molar-refractivity contribution in [3.63, 3.8) is 0 Å². The molecule has 2 aromatic carbocycles. The minimum absolute atomic E-state index is 0.270. The Bertz CT molecular complexity index is 1190. The van der Waals surface area contributed by atoms with E-state index in [1.54, 1.807) is 25.1 Å². The molecule has 1 aromatic heterocycles. The summed E-state index contributed by atoms with van der Waals surface area (Å²) in [7, 11) is 2.25. The lowest BCUT2D eigenvalue weighted by Gasteiger charge is -2.14. The lowest BCUT2D eigenvalue weighted by atomic mass is 10.1. The molecule has 0 bridgehead atoms. The zero-order chi connectivity index (χ0) is 23.3. The number of benzene rings is 2. The number of oxime groups is 1. The predicted molar refractivity (Wildman–Crippen MR) is 110 cm³/mol. The van der Waals surface area contributed by atoms with Gasteiger partial charge >= 0.3 is 5.97 Å². The van der Waals surface area contributed by atoms with Gasteiger partial charge in [0.05, 0.1) is 12.7 Å². The molecular formula is C21H16ClF2N3O5.